The maximum absolute atomic E-state index is 13.7. The van der Waals surface area contributed by atoms with Crippen molar-refractivity contribution in [1.29, 1.82) is 5.26 Å². The molecule has 0 fully saturated rings. The van der Waals surface area contributed by atoms with Crippen molar-refractivity contribution in [1.82, 2.24) is 0 Å². The highest BCUT2D eigenvalue weighted by molar-refractivity contribution is 6.44. The molecule has 2 aromatic carbocycles. The van der Waals surface area contributed by atoms with Crippen molar-refractivity contribution in [2.45, 2.75) is 0 Å². The first kappa shape index (κ1) is 15.1. The second-order valence-corrected chi connectivity index (χ2v) is 4.91. The Bertz CT molecular complexity index is 772. The van der Waals surface area contributed by atoms with Crippen molar-refractivity contribution in [2.75, 3.05) is 11.1 Å². The van der Waals surface area contributed by atoms with E-state index < -0.39 is 11.7 Å². The minimum absolute atomic E-state index is 0.0254. The zero-order valence-electron chi connectivity index (χ0n) is 10.5. The summed E-state index contributed by atoms with van der Waals surface area (Å²) in [6.07, 6.45) is 0. The summed E-state index contributed by atoms with van der Waals surface area (Å²) in [5, 5.41) is 11.2. The predicted octanol–water partition coefficient (Wildman–Crippen LogP) is 3.84. The highest BCUT2D eigenvalue weighted by Crippen LogP contribution is 2.29. The summed E-state index contributed by atoms with van der Waals surface area (Å²) in [5.41, 5.74) is 5.96. The average molecular weight is 324 g/mol. The van der Waals surface area contributed by atoms with E-state index in [4.69, 9.17) is 34.2 Å². The fourth-order valence-electron chi connectivity index (χ4n) is 1.65. The quantitative estimate of drug-likeness (QED) is 0.824. The van der Waals surface area contributed by atoms with E-state index in [1.54, 1.807) is 6.07 Å². The highest BCUT2D eigenvalue weighted by Gasteiger charge is 2.16. The summed E-state index contributed by atoms with van der Waals surface area (Å²) in [6.45, 7) is 0. The number of anilines is 2. The molecule has 21 heavy (non-hydrogen) atoms. The monoisotopic (exact) mass is 323 g/mol. The van der Waals surface area contributed by atoms with Gasteiger partial charge in [0, 0.05) is 5.69 Å². The number of hydrogen-bond donors (Lipinski definition) is 2. The van der Waals surface area contributed by atoms with Crippen LogP contribution in [0.25, 0.3) is 0 Å². The molecular weight excluding hydrogens is 316 g/mol. The first-order valence-corrected chi connectivity index (χ1v) is 6.43. The van der Waals surface area contributed by atoms with E-state index in [9.17, 15) is 9.18 Å². The Kier molecular flexibility index (Phi) is 4.32. The third kappa shape index (κ3) is 3.24. The van der Waals surface area contributed by atoms with E-state index in [-0.39, 0.29) is 32.5 Å². The van der Waals surface area contributed by atoms with Gasteiger partial charge in [0.15, 0.2) is 0 Å². The minimum atomic E-state index is -0.728. The maximum Gasteiger partial charge on any atom is 0.257 e. The lowest BCUT2D eigenvalue weighted by atomic mass is 10.1. The van der Waals surface area contributed by atoms with Crippen LogP contribution >= 0.6 is 23.2 Å². The lowest BCUT2D eigenvalue weighted by Gasteiger charge is -2.09. The van der Waals surface area contributed by atoms with E-state index in [1.807, 2.05) is 0 Å². The summed E-state index contributed by atoms with van der Waals surface area (Å²) in [5.74, 6) is -1.38. The van der Waals surface area contributed by atoms with Gasteiger partial charge in [-0.1, -0.05) is 23.2 Å². The molecule has 0 bridgehead atoms. The molecule has 0 aliphatic carbocycles. The lowest BCUT2D eigenvalue weighted by molar-refractivity contribution is 0.102. The van der Waals surface area contributed by atoms with E-state index in [0.717, 1.165) is 6.07 Å². The van der Waals surface area contributed by atoms with Crippen LogP contribution in [0.2, 0.25) is 10.0 Å². The second-order valence-electron chi connectivity index (χ2n) is 4.12. The molecule has 1 amide bonds. The number of hydrogen-bond acceptors (Lipinski definition) is 3. The van der Waals surface area contributed by atoms with Gasteiger partial charge in [-0.2, -0.15) is 5.26 Å². The van der Waals surface area contributed by atoms with Crippen LogP contribution in [0.5, 0.6) is 0 Å². The van der Waals surface area contributed by atoms with E-state index >= 15 is 0 Å². The van der Waals surface area contributed by atoms with Gasteiger partial charge in [0.05, 0.1) is 32.9 Å². The number of carbonyl (C=O) groups excluding carboxylic acids is 1. The zero-order valence-corrected chi connectivity index (χ0v) is 12.0. The molecule has 106 valence electrons. The number of halogens is 3. The predicted molar refractivity (Wildman–Crippen MR) is 79.9 cm³/mol. The van der Waals surface area contributed by atoms with E-state index in [1.165, 1.54) is 24.3 Å². The standard InChI is InChI=1S/C14H8Cl2FN3O/c15-10-5-8(19)4-9(13(10)16)14(21)20-12-2-1-7(6-18)3-11(12)17/h1-5H,19H2,(H,20,21). The highest BCUT2D eigenvalue weighted by atomic mass is 35.5. The molecule has 0 aromatic heterocycles. The molecule has 0 spiro atoms. The summed E-state index contributed by atoms with van der Waals surface area (Å²) in [6, 6.07) is 8.22. The molecule has 3 N–H and O–H groups in total. The van der Waals surface area contributed by atoms with E-state index in [2.05, 4.69) is 5.32 Å². The number of amides is 1. The lowest BCUT2D eigenvalue weighted by Crippen LogP contribution is -2.14. The number of benzene rings is 2. The topological polar surface area (TPSA) is 78.9 Å². The van der Waals surface area contributed by atoms with Crippen LogP contribution in [-0.4, -0.2) is 5.91 Å². The number of carbonyl (C=O) groups is 1. The van der Waals surface area contributed by atoms with Gasteiger partial charge in [0.1, 0.15) is 5.82 Å². The Morgan fingerprint density at radius 3 is 2.62 bits per heavy atom. The third-order valence-corrected chi connectivity index (χ3v) is 3.44. The number of nitriles is 1. The SMILES string of the molecule is N#Cc1ccc(NC(=O)c2cc(N)cc(Cl)c2Cl)c(F)c1. The van der Waals surface area contributed by atoms with Gasteiger partial charge in [0.2, 0.25) is 0 Å². The van der Waals surface area contributed by atoms with Gasteiger partial charge in [-0.15, -0.1) is 0 Å². The number of nitrogens with one attached hydrogen (secondary N) is 1. The average Bonchev–Trinajstić information content (AvgIpc) is 2.44. The Hall–Kier alpha value is -2.29. The van der Waals surface area contributed by atoms with Crippen molar-refractivity contribution >= 4 is 40.5 Å². The summed E-state index contributed by atoms with van der Waals surface area (Å²) in [4.78, 5) is 12.1. The molecule has 2 aromatic rings. The molecule has 7 heteroatoms. The van der Waals surface area contributed by atoms with Gasteiger partial charge >= 0.3 is 0 Å². The van der Waals surface area contributed by atoms with Crippen LogP contribution in [0.15, 0.2) is 30.3 Å². The maximum atomic E-state index is 13.7. The van der Waals surface area contributed by atoms with E-state index in [0.29, 0.717) is 0 Å². The summed E-state index contributed by atoms with van der Waals surface area (Å²) >= 11 is 11.8. The van der Waals surface area contributed by atoms with Crippen LogP contribution in [0.3, 0.4) is 0 Å². The normalized spacial score (nSPS) is 10.0. The Morgan fingerprint density at radius 2 is 2.00 bits per heavy atom. The Morgan fingerprint density at radius 1 is 1.29 bits per heavy atom. The molecule has 0 saturated carbocycles. The Labute approximate surface area is 129 Å². The summed E-state index contributed by atoms with van der Waals surface area (Å²) < 4.78 is 13.7. The van der Waals surface area contributed by atoms with Crippen LogP contribution < -0.4 is 11.1 Å². The molecule has 0 saturated heterocycles. The van der Waals surface area contributed by atoms with Gasteiger partial charge in [-0.3, -0.25) is 4.79 Å². The fourth-order valence-corrected chi connectivity index (χ4v) is 2.07. The van der Waals surface area contributed by atoms with Gasteiger partial charge < -0.3 is 11.1 Å². The third-order valence-electron chi connectivity index (χ3n) is 2.64. The number of nitrogens with two attached hydrogens (primary N) is 1. The molecule has 0 aliphatic heterocycles. The zero-order chi connectivity index (χ0) is 15.6. The number of nitrogens with zero attached hydrogens (tertiary/aromatic N) is 1. The molecule has 0 atom stereocenters. The smallest absolute Gasteiger partial charge is 0.257 e. The largest absolute Gasteiger partial charge is 0.399 e. The van der Waals surface area contributed by atoms with Crippen LogP contribution in [0, 0.1) is 17.1 Å². The molecule has 0 radical (unpaired) electrons. The van der Waals surface area contributed by atoms with Crippen LogP contribution in [0.1, 0.15) is 15.9 Å². The molecular formula is C14H8Cl2FN3O. The molecule has 4 nitrogen and oxygen atoms in total. The van der Waals surface area contributed by atoms with Crippen molar-refractivity contribution in [3.8, 4) is 6.07 Å². The molecule has 0 aliphatic rings. The Balaban J connectivity index is 2.33. The minimum Gasteiger partial charge on any atom is -0.399 e. The molecule has 0 unspecified atom stereocenters. The van der Waals surface area contributed by atoms with Gasteiger partial charge in [-0.05, 0) is 30.3 Å². The fraction of sp³-hybridized carbons (Fsp3) is 0. The first-order valence-electron chi connectivity index (χ1n) is 5.68. The van der Waals surface area contributed by atoms with Crippen molar-refractivity contribution in [2.24, 2.45) is 0 Å². The summed E-state index contributed by atoms with van der Waals surface area (Å²) in [7, 11) is 0. The number of rotatable bonds is 2. The number of nitrogen functional groups attached to an aromatic ring is 1. The van der Waals surface area contributed by atoms with Gasteiger partial charge in [-0.25, -0.2) is 4.39 Å². The molecule has 2 rings (SSSR count). The van der Waals surface area contributed by atoms with Gasteiger partial charge in [0.25, 0.3) is 5.91 Å². The van der Waals surface area contributed by atoms with Crippen LogP contribution in [0.4, 0.5) is 15.8 Å². The van der Waals surface area contributed by atoms with Crippen molar-refractivity contribution in [3.63, 3.8) is 0 Å². The van der Waals surface area contributed by atoms with Crippen molar-refractivity contribution < 1.29 is 9.18 Å². The first-order chi connectivity index (χ1) is 9.92. The molecule has 0 heterocycles. The van der Waals surface area contributed by atoms with Crippen molar-refractivity contribution in [3.05, 3.63) is 57.3 Å². The van der Waals surface area contributed by atoms with Crippen LogP contribution in [-0.2, 0) is 0 Å². The second kappa shape index (κ2) is 6.00.